The molecule has 0 unspecified atom stereocenters. The fourth-order valence-corrected chi connectivity index (χ4v) is 4.35. The summed E-state index contributed by atoms with van der Waals surface area (Å²) in [5, 5.41) is 0. The van der Waals surface area contributed by atoms with Crippen LogP contribution in [-0.2, 0) is 6.54 Å². The molecule has 154 valence electrons. The van der Waals surface area contributed by atoms with Crippen molar-refractivity contribution in [1.29, 1.82) is 0 Å². The largest absolute Gasteiger partial charge is 0.495 e. The molecule has 0 aromatic heterocycles. The van der Waals surface area contributed by atoms with Gasteiger partial charge in [0.05, 0.1) is 12.8 Å². The van der Waals surface area contributed by atoms with Gasteiger partial charge in [-0.05, 0) is 55.8 Å². The van der Waals surface area contributed by atoms with Gasteiger partial charge in [0, 0.05) is 38.3 Å². The van der Waals surface area contributed by atoms with Crippen LogP contribution in [-0.4, -0.2) is 62.1 Å². The highest BCUT2D eigenvalue weighted by Gasteiger charge is 2.23. The molecule has 2 aliphatic rings. The van der Waals surface area contributed by atoms with E-state index >= 15 is 0 Å². The molecule has 0 atom stereocenters. The van der Waals surface area contributed by atoms with E-state index in [0.717, 1.165) is 49.7 Å². The monoisotopic (exact) mass is 393 g/mol. The van der Waals surface area contributed by atoms with E-state index in [0.29, 0.717) is 0 Å². The predicted octanol–water partition coefficient (Wildman–Crippen LogP) is 3.64. The number of ether oxygens (including phenoxy) is 1. The second kappa shape index (κ2) is 9.31. The zero-order valence-electron chi connectivity index (χ0n) is 17.3. The Balaban J connectivity index is 1.33. The van der Waals surface area contributed by atoms with Crippen molar-refractivity contribution in [2.45, 2.75) is 25.8 Å². The number of para-hydroxylation sites is 2. The quantitative estimate of drug-likeness (QED) is 0.777. The Morgan fingerprint density at radius 2 is 1.55 bits per heavy atom. The van der Waals surface area contributed by atoms with E-state index in [1.807, 2.05) is 35.2 Å². The molecule has 4 rings (SSSR count). The Morgan fingerprint density at radius 1 is 0.862 bits per heavy atom. The Morgan fingerprint density at radius 3 is 2.24 bits per heavy atom. The molecule has 2 heterocycles. The summed E-state index contributed by atoms with van der Waals surface area (Å²) >= 11 is 0. The molecule has 0 aliphatic carbocycles. The van der Waals surface area contributed by atoms with Gasteiger partial charge < -0.3 is 14.5 Å². The van der Waals surface area contributed by atoms with Crippen LogP contribution in [0.2, 0.25) is 0 Å². The standard InChI is InChI=1S/C24H31N3O2/c1-29-23-8-4-3-7-22(23)26-15-17-27(18-16-26)24(28)21-11-9-20(10-12-21)19-25-13-5-2-6-14-25/h3-4,7-12H,2,5-6,13-19H2,1H3. The molecule has 2 aliphatic heterocycles. The van der Waals surface area contributed by atoms with Crippen LogP contribution in [0.25, 0.3) is 0 Å². The summed E-state index contributed by atoms with van der Waals surface area (Å²) in [6, 6.07) is 16.3. The minimum atomic E-state index is 0.134. The Bertz CT molecular complexity index is 807. The van der Waals surface area contributed by atoms with Crippen molar-refractivity contribution in [3.8, 4) is 5.75 Å². The van der Waals surface area contributed by atoms with Crippen LogP contribution in [0.15, 0.2) is 48.5 Å². The molecule has 1 amide bonds. The van der Waals surface area contributed by atoms with E-state index in [2.05, 4.69) is 28.0 Å². The van der Waals surface area contributed by atoms with E-state index in [1.54, 1.807) is 7.11 Å². The molecule has 2 aromatic rings. The van der Waals surface area contributed by atoms with Crippen molar-refractivity contribution in [2.24, 2.45) is 0 Å². The summed E-state index contributed by atoms with van der Waals surface area (Å²) < 4.78 is 5.48. The molecule has 5 heteroatoms. The van der Waals surface area contributed by atoms with Gasteiger partial charge in [0.2, 0.25) is 0 Å². The SMILES string of the molecule is COc1ccccc1N1CCN(C(=O)c2ccc(CN3CCCCC3)cc2)CC1. The fraction of sp³-hybridized carbons (Fsp3) is 0.458. The number of piperidine rings is 1. The van der Waals surface area contributed by atoms with Gasteiger partial charge in [-0.1, -0.05) is 30.7 Å². The predicted molar refractivity (Wildman–Crippen MR) is 117 cm³/mol. The van der Waals surface area contributed by atoms with E-state index in [4.69, 9.17) is 4.74 Å². The number of piperazine rings is 1. The van der Waals surface area contributed by atoms with E-state index in [9.17, 15) is 4.79 Å². The number of methoxy groups -OCH3 is 1. The summed E-state index contributed by atoms with van der Waals surface area (Å²) in [7, 11) is 1.70. The first kappa shape index (κ1) is 19.8. The number of amides is 1. The lowest BCUT2D eigenvalue weighted by Crippen LogP contribution is -2.48. The van der Waals surface area contributed by atoms with Crippen molar-refractivity contribution in [1.82, 2.24) is 9.80 Å². The molecule has 5 nitrogen and oxygen atoms in total. The summed E-state index contributed by atoms with van der Waals surface area (Å²) in [4.78, 5) is 19.7. The molecule has 0 spiro atoms. The van der Waals surface area contributed by atoms with Gasteiger partial charge in [-0.25, -0.2) is 0 Å². The van der Waals surface area contributed by atoms with Crippen molar-refractivity contribution in [3.63, 3.8) is 0 Å². The van der Waals surface area contributed by atoms with Crippen LogP contribution < -0.4 is 9.64 Å². The average molecular weight is 394 g/mol. The summed E-state index contributed by atoms with van der Waals surface area (Å²) in [5.74, 6) is 1.02. The molecule has 0 radical (unpaired) electrons. The second-order valence-electron chi connectivity index (χ2n) is 7.98. The lowest BCUT2D eigenvalue weighted by Gasteiger charge is -2.36. The number of rotatable bonds is 5. The lowest BCUT2D eigenvalue weighted by molar-refractivity contribution is 0.0746. The highest BCUT2D eigenvalue weighted by atomic mass is 16.5. The summed E-state index contributed by atoms with van der Waals surface area (Å²) in [5.41, 5.74) is 3.19. The minimum Gasteiger partial charge on any atom is -0.495 e. The van der Waals surface area contributed by atoms with Crippen LogP contribution >= 0.6 is 0 Å². The maximum atomic E-state index is 12.9. The first-order valence-corrected chi connectivity index (χ1v) is 10.7. The average Bonchev–Trinajstić information content (AvgIpc) is 2.80. The van der Waals surface area contributed by atoms with Crippen LogP contribution in [0, 0.1) is 0 Å². The molecule has 0 bridgehead atoms. The Hall–Kier alpha value is -2.53. The smallest absolute Gasteiger partial charge is 0.253 e. The molecule has 0 N–H and O–H groups in total. The lowest BCUT2D eigenvalue weighted by atomic mass is 10.1. The molecule has 2 saturated heterocycles. The van der Waals surface area contributed by atoms with Crippen molar-refractivity contribution in [3.05, 3.63) is 59.7 Å². The van der Waals surface area contributed by atoms with Gasteiger partial charge in [-0.15, -0.1) is 0 Å². The van der Waals surface area contributed by atoms with Gasteiger partial charge in [-0.2, -0.15) is 0 Å². The number of hydrogen-bond donors (Lipinski definition) is 0. The second-order valence-corrected chi connectivity index (χ2v) is 7.98. The minimum absolute atomic E-state index is 0.134. The summed E-state index contributed by atoms with van der Waals surface area (Å²) in [6.45, 7) is 6.47. The topological polar surface area (TPSA) is 36.0 Å². The number of carbonyl (C=O) groups is 1. The van der Waals surface area contributed by atoms with E-state index < -0.39 is 0 Å². The molecular weight excluding hydrogens is 362 g/mol. The summed E-state index contributed by atoms with van der Waals surface area (Å²) in [6.07, 6.45) is 3.96. The first-order valence-electron chi connectivity index (χ1n) is 10.7. The maximum Gasteiger partial charge on any atom is 0.253 e. The molecule has 2 fully saturated rings. The van der Waals surface area contributed by atoms with Gasteiger partial charge in [-0.3, -0.25) is 9.69 Å². The maximum absolute atomic E-state index is 12.9. The number of benzene rings is 2. The molecule has 29 heavy (non-hydrogen) atoms. The van der Waals surface area contributed by atoms with Crippen molar-refractivity contribution < 1.29 is 9.53 Å². The van der Waals surface area contributed by atoms with Crippen LogP contribution in [0.3, 0.4) is 0 Å². The molecular formula is C24H31N3O2. The zero-order chi connectivity index (χ0) is 20.1. The van der Waals surface area contributed by atoms with Gasteiger partial charge in [0.15, 0.2) is 0 Å². The third-order valence-electron chi connectivity index (χ3n) is 6.05. The number of carbonyl (C=O) groups excluding carboxylic acids is 1. The van der Waals surface area contributed by atoms with Crippen LogP contribution in [0.1, 0.15) is 35.2 Å². The normalized spacial score (nSPS) is 18.0. The Kier molecular flexibility index (Phi) is 6.35. The third-order valence-corrected chi connectivity index (χ3v) is 6.05. The van der Waals surface area contributed by atoms with E-state index in [-0.39, 0.29) is 5.91 Å². The van der Waals surface area contributed by atoms with Crippen LogP contribution in [0.4, 0.5) is 5.69 Å². The number of anilines is 1. The van der Waals surface area contributed by atoms with Crippen molar-refractivity contribution >= 4 is 11.6 Å². The third kappa shape index (κ3) is 4.73. The van der Waals surface area contributed by atoms with Gasteiger partial charge in [0.25, 0.3) is 5.91 Å². The highest BCUT2D eigenvalue weighted by Crippen LogP contribution is 2.28. The first-order chi connectivity index (χ1) is 14.2. The number of likely N-dealkylation sites (tertiary alicyclic amines) is 1. The van der Waals surface area contributed by atoms with Gasteiger partial charge >= 0.3 is 0 Å². The zero-order valence-corrected chi connectivity index (χ0v) is 17.3. The fourth-order valence-electron chi connectivity index (χ4n) is 4.35. The number of nitrogens with zero attached hydrogens (tertiary/aromatic N) is 3. The van der Waals surface area contributed by atoms with E-state index in [1.165, 1.54) is 37.9 Å². The number of hydrogen-bond acceptors (Lipinski definition) is 4. The van der Waals surface area contributed by atoms with Crippen LogP contribution in [0.5, 0.6) is 5.75 Å². The van der Waals surface area contributed by atoms with Gasteiger partial charge in [0.1, 0.15) is 5.75 Å². The van der Waals surface area contributed by atoms with Crippen molar-refractivity contribution in [2.75, 3.05) is 51.3 Å². The molecule has 2 aromatic carbocycles. The highest BCUT2D eigenvalue weighted by molar-refractivity contribution is 5.94. The Labute approximate surface area is 173 Å². The molecule has 0 saturated carbocycles.